The van der Waals surface area contributed by atoms with Crippen LogP contribution in [0.5, 0.6) is 0 Å². The standard InChI is InChI=1S/C21H25N3O2S/c1-15-10-9-13-18(16(15)2)23-27(25,26)19-14-24(17-11-7-6-8-12-17)22-20(19)21(3,4)5/h6-14,23H,1-5H3. The minimum Gasteiger partial charge on any atom is -0.279 e. The van der Waals surface area contributed by atoms with Gasteiger partial charge in [0, 0.05) is 5.41 Å². The summed E-state index contributed by atoms with van der Waals surface area (Å²) in [6, 6.07) is 15.1. The van der Waals surface area contributed by atoms with Crippen LogP contribution >= 0.6 is 0 Å². The van der Waals surface area contributed by atoms with E-state index in [0.29, 0.717) is 11.4 Å². The number of aryl methyl sites for hydroxylation is 1. The summed E-state index contributed by atoms with van der Waals surface area (Å²) in [6.07, 6.45) is 1.59. The molecule has 0 atom stereocenters. The predicted octanol–water partition coefficient (Wildman–Crippen LogP) is 4.59. The van der Waals surface area contributed by atoms with E-state index in [-0.39, 0.29) is 4.90 Å². The van der Waals surface area contributed by atoms with Crippen LogP contribution in [0.25, 0.3) is 5.69 Å². The van der Waals surface area contributed by atoms with Gasteiger partial charge in [0.2, 0.25) is 0 Å². The van der Waals surface area contributed by atoms with Crippen LogP contribution in [0.2, 0.25) is 0 Å². The van der Waals surface area contributed by atoms with Gasteiger partial charge in [-0.3, -0.25) is 4.72 Å². The van der Waals surface area contributed by atoms with E-state index >= 15 is 0 Å². The summed E-state index contributed by atoms with van der Waals surface area (Å²) in [5.74, 6) is 0. The van der Waals surface area contributed by atoms with Crippen molar-refractivity contribution in [2.75, 3.05) is 4.72 Å². The molecule has 2 aromatic carbocycles. The normalized spacial score (nSPS) is 12.2. The van der Waals surface area contributed by atoms with Gasteiger partial charge < -0.3 is 0 Å². The molecule has 27 heavy (non-hydrogen) atoms. The highest BCUT2D eigenvalue weighted by molar-refractivity contribution is 7.92. The van der Waals surface area contributed by atoms with Crippen LogP contribution in [0.15, 0.2) is 59.6 Å². The number of para-hydroxylation sites is 1. The molecular weight excluding hydrogens is 358 g/mol. The maximum atomic E-state index is 13.2. The van der Waals surface area contributed by atoms with Crippen molar-refractivity contribution in [2.45, 2.75) is 44.9 Å². The molecule has 0 saturated carbocycles. The molecule has 3 rings (SSSR count). The van der Waals surface area contributed by atoms with E-state index in [2.05, 4.69) is 9.82 Å². The molecule has 1 N–H and O–H groups in total. The fourth-order valence-electron chi connectivity index (χ4n) is 2.85. The van der Waals surface area contributed by atoms with Crippen molar-refractivity contribution in [1.29, 1.82) is 0 Å². The van der Waals surface area contributed by atoms with Gasteiger partial charge >= 0.3 is 0 Å². The number of nitrogens with one attached hydrogen (secondary N) is 1. The van der Waals surface area contributed by atoms with E-state index in [9.17, 15) is 8.42 Å². The first kappa shape index (κ1) is 19.2. The number of anilines is 1. The Bertz CT molecular complexity index is 1060. The van der Waals surface area contributed by atoms with Gasteiger partial charge in [-0.2, -0.15) is 5.10 Å². The zero-order valence-corrected chi connectivity index (χ0v) is 17.1. The molecule has 0 unspecified atom stereocenters. The van der Waals surface area contributed by atoms with E-state index in [4.69, 9.17) is 0 Å². The predicted molar refractivity (Wildman–Crippen MR) is 109 cm³/mol. The van der Waals surface area contributed by atoms with Crippen molar-refractivity contribution < 1.29 is 8.42 Å². The number of nitrogens with zero attached hydrogens (tertiary/aromatic N) is 2. The Labute approximate surface area is 161 Å². The van der Waals surface area contributed by atoms with Crippen molar-refractivity contribution >= 4 is 15.7 Å². The Morgan fingerprint density at radius 3 is 2.26 bits per heavy atom. The molecule has 6 heteroatoms. The van der Waals surface area contributed by atoms with Crippen molar-refractivity contribution in [3.05, 3.63) is 71.5 Å². The van der Waals surface area contributed by atoms with Crippen molar-refractivity contribution in [3.63, 3.8) is 0 Å². The quantitative estimate of drug-likeness (QED) is 0.717. The van der Waals surface area contributed by atoms with Gasteiger partial charge in [-0.05, 0) is 43.2 Å². The van der Waals surface area contributed by atoms with Crippen LogP contribution < -0.4 is 4.72 Å². The minimum atomic E-state index is -3.79. The highest BCUT2D eigenvalue weighted by Gasteiger charge is 2.30. The summed E-state index contributed by atoms with van der Waals surface area (Å²) >= 11 is 0. The highest BCUT2D eigenvalue weighted by Crippen LogP contribution is 2.30. The van der Waals surface area contributed by atoms with Gasteiger partial charge in [0.15, 0.2) is 0 Å². The smallest absolute Gasteiger partial charge is 0.265 e. The third-order valence-corrected chi connectivity index (χ3v) is 5.92. The van der Waals surface area contributed by atoms with E-state index in [0.717, 1.165) is 16.8 Å². The Morgan fingerprint density at radius 2 is 1.63 bits per heavy atom. The third kappa shape index (κ3) is 3.90. The number of hydrogen-bond donors (Lipinski definition) is 1. The van der Waals surface area contributed by atoms with Gasteiger partial charge in [-0.15, -0.1) is 0 Å². The van der Waals surface area contributed by atoms with Crippen molar-refractivity contribution in [2.24, 2.45) is 0 Å². The lowest BCUT2D eigenvalue weighted by molar-refractivity contribution is 0.543. The van der Waals surface area contributed by atoms with Gasteiger partial charge in [0.25, 0.3) is 10.0 Å². The van der Waals surface area contributed by atoms with Crippen LogP contribution in [-0.2, 0) is 15.4 Å². The first-order chi connectivity index (χ1) is 12.6. The van der Waals surface area contributed by atoms with Crippen LogP contribution in [0, 0.1) is 13.8 Å². The topological polar surface area (TPSA) is 64.0 Å². The average Bonchev–Trinajstić information content (AvgIpc) is 3.06. The molecular formula is C21H25N3O2S. The number of aromatic nitrogens is 2. The molecule has 1 heterocycles. The lowest BCUT2D eigenvalue weighted by Gasteiger charge is -2.18. The second-order valence-corrected chi connectivity index (χ2v) is 9.38. The van der Waals surface area contributed by atoms with Crippen LogP contribution in [0.1, 0.15) is 37.6 Å². The molecule has 0 amide bonds. The molecule has 0 spiro atoms. The maximum Gasteiger partial charge on any atom is 0.265 e. The largest absolute Gasteiger partial charge is 0.279 e. The second kappa shape index (κ2) is 6.85. The fraction of sp³-hybridized carbons (Fsp3) is 0.286. The minimum absolute atomic E-state index is 0.194. The average molecular weight is 384 g/mol. The Hall–Kier alpha value is -2.60. The molecule has 0 aliphatic rings. The van der Waals surface area contributed by atoms with Crippen molar-refractivity contribution in [3.8, 4) is 5.69 Å². The fourth-order valence-corrected chi connectivity index (χ4v) is 4.31. The van der Waals surface area contributed by atoms with Crippen LogP contribution in [-0.4, -0.2) is 18.2 Å². The van der Waals surface area contributed by atoms with E-state index in [1.165, 1.54) is 0 Å². The van der Waals surface area contributed by atoms with Gasteiger partial charge in [0.05, 0.1) is 23.3 Å². The summed E-state index contributed by atoms with van der Waals surface area (Å²) in [6.45, 7) is 9.75. The van der Waals surface area contributed by atoms with E-state index in [1.807, 2.05) is 77.1 Å². The zero-order valence-electron chi connectivity index (χ0n) is 16.3. The molecule has 0 aliphatic carbocycles. The SMILES string of the molecule is Cc1cccc(NS(=O)(=O)c2cn(-c3ccccc3)nc2C(C)(C)C)c1C. The summed E-state index contributed by atoms with van der Waals surface area (Å²) in [5.41, 5.74) is 3.45. The van der Waals surface area contributed by atoms with Crippen LogP contribution in [0.4, 0.5) is 5.69 Å². The van der Waals surface area contributed by atoms with Gasteiger partial charge in [-0.25, -0.2) is 13.1 Å². The lowest BCUT2D eigenvalue weighted by atomic mass is 9.92. The number of sulfonamides is 1. The molecule has 142 valence electrons. The second-order valence-electron chi connectivity index (χ2n) is 7.73. The molecule has 1 aromatic heterocycles. The third-order valence-electron chi connectivity index (χ3n) is 4.55. The molecule has 0 bridgehead atoms. The zero-order chi connectivity index (χ0) is 19.8. The summed E-state index contributed by atoms with van der Waals surface area (Å²) in [7, 11) is -3.79. The Morgan fingerprint density at radius 1 is 0.963 bits per heavy atom. The Kier molecular flexibility index (Phi) is 4.86. The molecule has 0 radical (unpaired) electrons. The monoisotopic (exact) mass is 383 g/mol. The highest BCUT2D eigenvalue weighted by atomic mass is 32.2. The van der Waals surface area contributed by atoms with Gasteiger partial charge in [0.1, 0.15) is 4.90 Å². The van der Waals surface area contributed by atoms with Gasteiger partial charge in [-0.1, -0.05) is 51.1 Å². The number of benzene rings is 2. The number of rotatable bonds is 4. The molecule has 0 aliphatic heterocycles. The summed E-state index contributed by atoms with van der Waals surface area (Å²) in [4.78, 5) is 0.194. The molecule has 0 fully saturated rings. The van der Waals surface area contributed by atoms with Crippen LogP contribution in [0.3, 0.4) is 0 Å². The number of hydrogen-bond acceptors (Lipinski definition) is 3. The van der Waals surface area contributed by atoms with E-state index < -0.39 is 15.4 Å². The summed E-state index contributed by atoms with van der Waals surface area (Å²) < 4.78 is 30.8. The summed E-state index contributed by atoms with van der Waals surface area (Å²) in [5, 5.41) is 4.60. The lowest BCUT2D eigenvalue weighted by Crippen LogP contribution is -2.20. The Balaban J connectivity index is 2.11. The molecule has 0 saturated heterocycles. The molecule has 3 aromatic rings. The first-order valence-corrected chi connectivity index (χ1v) is 10.3. The maximum absolute atomic E-state index is 13.2. The van der Waals surface area contributed by atoms with Crippen molar-refractivity contribution in [1.82, 2.24) is 9.78 Å². The van der Waals surface area contributed by atoms with E-state index in [1.54, 1.807) is 16.9 Å². The molecule has 5 nitrogen and oxygen atoms in total. The first-order valence-electron chi connectivity index (χ1n) is 8.84.